The number of anilines is 1. The Bertz CT molecular complexity index is 888. The molecule has 0 saturated carbocycles. The second-order valence-corrected chi connectivity index (χ2v) is 6.06. The van der Waals surface area contributed by atoms with Gasteiger partial charge >= 0.3 is 0 Å². The van der Waals surface area contributed by atoms with Gasteiger partial charge in [-0.2, -0.15) is 21.4 Å². The molecule has 8 heteroatoms. The molecule has 0 saturated heterocycles. The van der Waals surface area contributed by atoms with Gasteiger partial charge in [-0.1, -0.05) is 23.4 Å². The molecule has 0 aliphatic carbocycles. The van der Waals surface area contributed by atoms with Crippen molar-refractivity contribution in [2.75, 3.05) is 5.01 Å². The number of carbonyl (C=O) groups is 1. The van der Waals surface area contributed by atoms with Crippen LogP contribution >= 0.6 is 11.3 Å². The van der Waals surface area contributed by atoms with Gasteiger partial charge in [0.1, 0.15) is 11.8 Å². The molecule has 1 aliphatic rings. The quantitative estimate of drug-likeness (QED) is 0.786. The van der Waals surface area contributed by atoms with Crippen LogP contribution in [0.15, 0.2) is 56.8 Å². The lowest BCUT2D eigenvalue weighted by molar-refractivity contribution is -0.119. The van der Waals surface area contributed by atoms with Crippen LogP contribution in [0, 0.1) is 0 Å². The third kappa shape index (κ3) is 2.56. The first-order valence-electron chi connectivity index (χ1n) is 7.30. The lowest BCUT2D eigenvalue weighted by Gasteiger charge is -2.20. The maximum absolute atomic E-state index is 11.8. The smallest absolute Gasteiger partial charge is 0.274 e. The van der Waals surface area contributed by atoms with Crippen molar-refractivity contribution < 1.29 is 9.32 Å². The second kappa shape index (κ2) is 5.89. The Morgan fingerprint density at radius 3 is 2.83 bits per heavy atom. The number of para-hydroxylation sites is 1. The van der Waals surface area contributed by atoms with Crippen molar-refractivity contribution in [3.05, 3.63) is 53.0 Å². The van der Waals surface area contributed by atoms with Crippen molar-refractivity contribution in [3.8, 4) is 11.4 Å². The number of amides is 1. The standard InChI is InChI=1S/C16H13N5O2S/c17-14(22)13-8-12(19-21(13)11-4-2-1-3-5-11)16-18-15(20-23-16)10-6-7-24-9-10/h1-7,9,13H,8H2,(H2,17,22)/t13-/m0/s1. The summed E-state index contributed by atoms with van der Waals surface area (Å²) in [6.45, 7) is 0. The molecule has 1 aliphatic heterocycles. The molecule has 0 fully saturated rings. The molecule has 0 unspecified atom stereocenters. The highest BCUT2D eigenvalue weighted by Crippen LogP contribution is 2.27. The van der Waals surface area contributed by atoms with Crippen LogP contribution in [0.5, 0.6) is 0 Å². The molecule has 0 radical (unpaired) electrons. The summed E-state index contributed by atoms with van der Waals surface area (Å²) in [5.41, 5.74) is 7.76. The molecule has 0 spiro atoms. The summed E-state index contributed by atoms with van der Waals surface area (Å²) in [7, 11) is 0. The number of hydrogen-bond acceptors (Lipinski definition) is 7. The first kappa shape index (κ1) is 14.6. The lowest BCUT2D eigenvalue weighted by atomic mass is 10.1. The summed E-state index contributed by atoms with van der Waals surface area (Å²) in [6, 6.07) is 10.7. The van der Waals surface area contributed by atoms with Gasteiger partial charge < -0.3 is 10.3 Å². The number of aromatic nitrogens is 2. The van der Waals surface area contributed by atoms with E-state index in [0.717, 1.165) is 11.3 Å². The van der Waals surface area contributed by atoms with Gasteiger partial charge in [0.25, 0.3) is 5.89 Å². The fraction of sp³-hybridized carbons (Fsp3) is 0.125. The molecule has 1 aromatic carbocycles. The molecule has 3 aromatic rings. The Morgan fingerprint density at radius 1 is 1.29 bits per heavy atom. The highest BCUT2D eigenvalue weighted by Gasteiger charge is 2.34. The Labute approximate surface area is 141 Å². The lowest BCUT2D eigenvalue weighted by Crippen LogP contribution is -2.39. The summed E-state index contributed by atoms with van der Waals surface area (Å²) >= 11 is 1.56. The van der Waals surface area contributed by atoms with Gasteiger partial charge in [-0.15, -0.1) is 0 Å². The number of benzene rings is 1. The molecule has 1 amide bonds. The molecule has 0 bridgehead atoms. The number of hydrogen-bond donors (Lipinski definition) is 1. The van der Waals surface area contributed by atoms with Crippen LogP contribution in [-0.2, 0) is 4.79 Å². The van der Waals surface area contributed by atoms with E-state index in [0.29, 0.717) is 23.8 Å². The van der Waals surface area contributed by atoms with E-state index in [1.807, 2.05) is 47.2 Å². The van der Waals surface area contributed by atoms with Crippen LogP contribution < -0.4 is 10.7 Å². The number of primary amides is 1. The van der Waals surface area contributed by atoms with Crippen LogP contribution in [-0.4, -0.2) is 27.8 Å². The largest absolute Gasteiger partial charge is 0.368 e. The Balaban J connectivity index is 1.67. The highest BCUT2D eigenvalue weighted by atomic mass is 32.1. The fourth-order valence-electron chi connectivity index (χ4n) is 2.53. The zero-order valence-electron chi connectivity index (χ0n) is 12.5. The summed E-state index contributed by atoms with van der Waals surface area (Å²) < 4.78 is 5.32. The molecule has 2 aromatic heterocycles. The van der Waals surface area contributed by atoms with Gasteiger partial charge in [0, 0.05) is 17.4 Å². The van der Waals surface area contributed by atoms with Gasteiger partial charge in [-0.25, -0.2) is 0 Å². The Morgan fingerprint density at radius 2 is 2.12 bits per heavy atom. The molecular weight excluding hydrogens is 326 g/mol. The minimum atomic E-state index is -0.570. The SMILES string of the molecule is NC(=O)[C@@H]1CC(c2nc(-c3ccsc3)no2)=NN1c1ccccc1. The van der Waals surface area contributed by atoms with Gasteiger partial charge in [0.15, 0.2) is 0 Å². The van der Waals surface area contributed by atoms with E-state index < -0.39 is 11.9 Å². The number of carbonyl (C=O) groups excluding carboxylic acids is 1. The average molecular weight is 339 g/mol. The van der Waals surface area contributed by atoms with Gasteiger partial charge in [0.2, 0.25) is 11.7 Å². The van der Waals surface area contributed by atoms with E-state index in [4.69, 9.17) is 10.3 Å². The number of rotatable bonds is 4. The van der Waals surface area contributed by atoms with Crippen LogP contribution in [0.4, 0.5) is 5.69 Å². The Hall–Kier alpha value is -3.00. The molecule has 4 rings (SSSR count). The molecule has 7 nitrogen and oxygen atoms in total. The summed E-state index contributed by atoms with van der Waals surface area (Å²) in [5.74, 6) is 0.360. The first-order valence-corrected chi connectivity index (χ1v) is 8.24. The van der Waals surface area contributed by atoms with Crippen LogP contribution in [0.1, 0.15) is 12.3 Å². The van der Waals surface area contributed by atoms with E-state index in [1.165, 1.54) is 0 Å². The predicted octanol–water partition coefficient (Wildman–Crippen LogP) is 2.27. The highest BCUT2D eigenvalue weighted by molar-refractivity contribution is 7.08. The summed E-state index contributed by atoms with van der Waals surface area (Å²) in [6.07, 6.45) is 0.329. The van der Waals surface area contributed by atoms with Gasteiger partial charge in [-0.05, 0) is 23.6 Å². The van der Waals surface area contributed by atoms with Crippen molar-refractivity contribution in [1.29, 1.82) is 0 Å². The van der Waals surface area contributed by atoms with Crippen molar-refractivity contribution in [2.45, 2.75) is 12.5 Å². The third-order valence-corrected chi connectivity index (χ3v) is 4.40. The number of nitrogens with two attached hydrogens (primary N) is 1. The predicted molar refractivity (Wildman–Crippen MR) is 90.7 cm³/mol. The summed E-state index contributed by atoms with van der Waals surface area (Å²) in [5, 5.41) is 13.9. The van der Waals surface area contributed by atoms with E-state index in [9.17, 15) is 4.79 Å². The van der Waals surface area contributed by atoms with Crippen LogP contribution in [0.25, 0.3) is 11.4 Å². The minimum absolute atomic E-state index is 0.306. The topological polar surface area (TPSA) is 97.6 Å². The second-order valence-electron chi connectivity index (χ2n) is 5.28. The normalized spacial score (nSPS) is 17.1. The number of thiophene rings is 1. The third-order valence-electron chi connectivity index (χ3n) is 3.71. The van der Waals surface area contributed by atoms with E-state index in [1.54, 1.807) is 16.3 Å². The van der Waals surface area contributed by atoms with Gasteiger partial charge in [0.05, 0.1) is 5.69 Å². The zero-order chi connectivity index (χ0) is 16.5. The van der Waals surface area contributed by atoms with Crippen molar-refractivity contribution in [1.82, 2.24) is 10.1 Å². The Kier molecular flexibility index (Phi) is 3.58. The zero-order valence-corrected chi connectivity index (χ0v) is 13.3. The molecular formula is C16H13N5O2S. The first-order chi connectivity index (χ1) is 11.7. The van der Waals surface area contributed by atoms with Gasteiger partial charge in [-0.3, -0.25) is 9.80 Å². The van der Waals surface area contributed by atoms with E-state index in [2.05, 4.69) is 15.2 Å². The summed E-state index contributed by atoms with van der Waals surface area (Å²) in [4.78, 5) is 16.2. The number of nitrogens with zero attached hydrogens (tertiary/aromatic N) is 4. The maximum atomic E-state index is 11.8. The molecule has 1 atom stereocenters. The molecule has 2 N–H and O–H groups in total. The molecule has 120 valence electrons. The van der Waals surface area contributed by atoms with Crippen molar-refractivity contribution in [2.24, 2.45) is 10.8 Å². The fourth-order valence-corrected chi connectivity index (χ4v) is 3.16. The minimum Gasteiger partial charge on any atom is -0.368 e. The average Bonchev–Trinajstić information content (AvgIpc) is 3.33. The van der Waals surface area contributed by atoms with Crippen molar-refractivity contribution in [3.63, 3.8) is 0 Å². The van der Waals surface area contributed by atoms with E-state index >= 15 is 0 Å². The van der Waals surface area contributed by atoms with Crippen molar-refractivity contribution >= 4 is 28.6 Å². The maximum Gasteiger partial charge on any atom is 0.274 e. The monoisotopic (exact) mass is 339 g/mol. The van der Waals surface area contributed by atoms with E-state index in [-0.39, 0.29) is 0 Å². The van der Waals surface area contributed by atoms with Crippen LogP contribution in [0.3, 0.4) is 0 Å². The molecule has 3 heterocycles. The number of hydrazone groups is 1. The molecule has 24 heavy (non-hydrogen) atoms. The van der Waals surface area contributed by atoms with Crippen LogP contribution in [0.2, 0.25) is 0 Å².